The second-order valence-corrected chi connectivity index (χ2v) is 7.68. The highest BCUT2D eigenvalue weighted by molar-refractivity contribution is 4.98. The summed E-state index contributed by atoms with van der Waals surface area (Å²) < 4.78 is 0. The molecule has 2 N–H and O–H groups in total. The minimum atomic E-state index is 0.885. The second kappa shape index (κ2) is 5.37. The molecule has 6 unspecified atom stereocenters. The first kappa shape index (κ1) is 12.6. The molecule has 2 aliphatic carbocycles. The van der Waals surface area contributed by atoms with Crippen LogP contribution in [0.2, 0.25) is 0 Å². The van der Waals surface area contributed by atoms with Crippen molar-refractivity contribution < 1.29 is 0 Å². The molecule has 2 heteroatoms. The lowest BCUT2D eigenvalue weighted by molar-refractivity contribution is 0.205. The molecule has 2 heterocycles. The zero-order chi connectivity index (χ0) is 12.7. The lowest BCUT2D eigenvalue weighted by Crippen LogP contribution is -2.31. The van der Waals surface area contributed by atoms with Crippen molar-refractivity contribution in [2.24, 2.45) is 23.7 Å². The molecule has 2 saturated carbocycles. The maximum absolute atomic E-state index is 3.83. The van der Waals surface area contributed by atoms with Crippen LogP contribution < -0.4 is 10.6 Å². The summed E-state index contributed by atoms with van der Waals surface area (Å²) >= 11 is 0. The summed E-state index contributed by atoms with van der Waals surface area (Å²) in [5, 5.41) is 7.67. The molecule has 6 atom stereocenters. The minimum Gasteiger partial charge on any atom is -0.313 e. The molecule has 19 heavy (non-hydrogen) atoms. The molecule has 0 spiro atoms. The van der Waals surface area contributed by atoms with Gasteiger partial charge >= 0.3 is 0 Å². The van der Waals surface area contributed by atoms with Crippen molar-refractivity contribution in [2.75, 3.05) is 13.1 Å². The summed E-state index contributed by atoms with van der Waals surface area (Å²) in [6, 6.07) is 1.77. The van der Waals surface area contributed by atoms with Crippen LogP contribution in [0.25, 0.3) is 0 Å². The minimum absolute atomic E-state index is 0.885. The van der Waals surface area contributed by atoms with Gasteiger partial charge in [-0.05, 0) is 68.9 Å². The lowest BCUT2D eigenvalue weighted by Gasteiger charge is -2.32. The summed E-state index contributed by atoms with van der Waals surface area (Å²) in [5.41, 5.74) is 0. The van der Waals surface area contributed by atoms with Crippen LogP contribution in [0.3, 0.4) is 0 Å². The van der Waals surface area contributed by atoms with Gasteiger partial charge in [0.05, 0.1) is 0 Å². The fourth-order valence-electron chi connectivity index (χ4n) is 5.77. The van der Waals surface area contributed by atoms with Crippen LogP contribution in [0.15, 0.2) is 0 Å². The highest BCUT2D eigenvalue weighted by atomic mass is 15.0. The number of nitrogens with one attached hydrogen (secondary N) is 2. The Balaban J connectivity index is 1.38. The van der Waals surface area contributed by atoms with E-state index in [2.05, 4.69) is 10.6 Å². The Hall–Kier alpha value is -0.0800. The van der Waals surface area contributed by atoms with E-state index in [1.165, 1.54) is 70.9 Å². The van der Waals surface area contributed by atoms with Crippen LogP contribution in [-0.4, -0.2) is 25.2 Å². The molecule has 2 aliphatic heterocycles. The quantitative estimate of drug-likeness (QED) is 0.799. The molecule has 0 aromatic rings. The zero-order valence-corrected chi connectivity index (χ0v) is 12.2. The molecular weight excluding hydrogens is 232 g/mol. The molecule has 0 aromatic carbocycles. The van der Waals surface area contributed by atoms with Gasteiger partial charge in [0, 0.05) is 12.1 Å². The predicted molar refractivity (Wildman–Crippen MR) is 79.1 cm³/mol. The van der Waals surface area contributed by atoms with E-state index in [0.717, 1.165) is 35.8 Å². The van der Waals surface area contributed by atoms with Crippen molar-refractivity contribution in [1.29, 1.82) is 0 Å². The van der Waals surface area contributed by atoms with Gasteiger partial charge in [-0.25, -0.2) is 0 Å². The topological polar surface area (TPSA) is 24.1 Å². The molecular formula is C17H30N2. The Labute approximate surface area is 118 Å². The molecule has 2 nitrogen and oxygen atoms in total. The third-order valence-corrected chi connectivity index (χ3v) is 6.74. The van der Waals surface area contributed by atoms with Crippen molar-refractivity contribution in [2.45, 2.75) is 69.9 Å². The van der Waals surface area contributed by atoms with Gasteiger partial charge in [-0.1, -0.05) is 25.7 Å². The van der Waals surface area contributed by atoms with Crippen LogP contribution in [0.4, 0.5) is 0 Å². The molecule has 4 fully saturated rings. The average molecular weight is 262 g/mol. The molecule has 0 radical (unpaired) electrons. The first-order valence-corrected chi connectivity index (χ1v) is 8.88. The van der Waals surface area contributed by atoms with E-state index in [4.69, 9.17) is 0 Å². The van der Waals surface area contributed by atoms with Crippen molar-refractivity contribution in [3.05, 3.63) is 0 Å². The zero-order valence-electron chi connectivity index (χ0n) is 12.2. The van der Waals surface area contributed by atoms with E-state index >= 15 is 0 Å². The first-order chi connectivity index (χ1) is 9.42. The van der Waals surface area contributed by atoms with Gasteiger partial charge in [0.1, 0.15) is 0 Å². The van der Waals surface area contributed by atoms with Crippen molar-refractivity contribution in [1.82, 2.24) is 10.6 Å². The van der Waals surface area contributed by atoms with Crippen LogP contribution in [0.5, 0.6) is 0 Å². The van der Waals surface area contributed by atoms with Gasteiger partial charge in [-0.2, -0.15) is 0 Å². The summed E-state index contributed by atoms with van der Waals surface area (Å²) in [6.45, 7) is 2.65. The van der Waals surface area contributed by atoms with Crippen molar-refractivity contribution in [3.63, 3.8) is 0 Å². The SMILES string of the molecule is C1CCC2C(CC3CNC4CCCCC34)CNC2C1. The Morgan fingerprint density at radius 1 is 0.632 bits per heavy atom. The average Bonchev–Trinajstić information content (AvgIpc) is 3.05. The van der Waals surface area contributed by atoms with E-state index in [9.17, 15) is 0 Å². The Morgan fingerprint density at radius 2 is 1.11 bits per heavy atom. The molecule has 0 aromatic heterocycles. The van der Waals surface area contributed by atoms with Crippen LogP contribution in [-0.2, 0) is 0 Å². The fourth-order valence-corrected chi connectivity index (χ4v) is 5.77. The fraction of sp³-hybridized carbons (Fsp3) is 1.00. The third kappa shape index (κ3) is 2.35. The van der Waals surface area contributed by atoms with Gasteiger partial charge < -0.3 is 10.6 Å². The predicted octanol–water partition coefficient (Wildman–Crippen LogP) is 2.93. The maximum Gasteiger partial charge on any atom is 0.00985 e. The standard InChI is InChI=1S/C17H30N2/c1-3-7-16-14(5-1)12(10-18-16)9-13-11-19-17-8-4-2-6-15(13)17/h12-19H,1-11H2. The van der Waals surface area contributed by atoms with Gasteiger partial charge in [0.2, 0.25) is 0 Å². The summed E-state index contributed by atoms with van der Waals surface area (Å²) in [6.07, 6.45) is 13.4. The van der Waals surface area contributed by atoms with E-state index in [-0.39, 0.29) is 0 Å². The van der Waals surface area contributed by atoms with E-state index in [1.54, 1.807) is 0 Å². The van der Waals surface area contributed by atoms with E-state index < -0.39 is 0 Å². The second-order valence-electron chi connectivity index (χ2n) is 7.68. The van der Waals surface area contributed by atoms with Gasteiger partial charge in [-0.3, -0.25) is 0 Å². The molecule has 4 rings (SSSR count). The maximum atomic E-state index is 3.83. The Kier molecular flexibility index (Phi) is 3.57. The van der Waals surface area contributed by atoms with Crippen LogP contribution in [0, 0.1) is 23.7 Å². The Bertz CT molecular complexity index is 286. The number of fused-ring (bicyclic) bond motifs is 2. The number of hydrogen-bond donors (Lipinski definition) is 2. The smallest absolute Gasteiger partial charge is 0.00985 e. The van der Waals surface area contributed by atoms with Crippen LogP contribution in [0.1, 0.15) is 57.8 Å². The summed E-state index contributed by atoms with van der Waals surface area (Å²) in [5.74, 6) is 4.04. The van der Waals surface area contributed by atoms with Crippen molar-refractivity contribution in [3.8, 4) is 0 Å². The summed E-state index contributed by atoms with van der Waals surface area (Å²) in [7, 11) is 0. The van der Waals surface area contributed by atoms with Crippen molar-refractivity contribution >= 4 is 0 Å². The number of rotatable bonds is 2. The van der Waals surface area contributed by atoms with E-state index in [1.807, 2.05) is 0 Å². The highest BCUT2D eigenvalue weighted by Crippen LogP contribution is 2.42. The highest BCUT2D eigenvalue weighted by Gasteiger charge is 2.42. The monoisotopic (exact) mass is 262 g/mol. The van der Waals surface area contributed by atoms with Gasteiger partial charge in [-0.15, -0.1) is 0 Å². The summed E-state index contributed by atoms with van der Waals surface area (Å²) in [4.78, 5) is 0. The molecule has 4 aliphatic rings. The molecule has 0 amide bonds. The van der Waals surface area contributed by atoms with Crippen LogP contribution >= 0.6 is 0 Å². The van der Waals surface area contributed by atoms with E-state index in [0.29, 0.717) is 0 Å². The first-order valence-electron chi connectivity index (χ1n) is 8.88. The molecule has 0 bridgehead atoms. The lowest BCUT2D eigenvalue weighted by atomic mass is 9.72. The molecule has 2 saturated heterocycles. The number of hydrogen-bond acceptors (Lipinski definition) is 2. The largest absolute Gasteiger partial charge is 0.313 e. The molecule has 108 valence electrons. The normalized spacial score (nSPS) is 49.9. The third-order valence-electron chi connectivity index (χ3n) is 6.74. The van der Waals surface area contributed by atoms with Gasteiger partial charge in [0.25, 0.3) is 0 Å². The van der Waals surface area contributed by atoms with Gasteiger partial charge in [0.15, 0.2) is 0 Å². The Morgan fingerprint density at radius 3 is 1.63 bits per heavy atom.